The molecule has 0 radical (unpaired) electrons. The van der Waals surface area contributed by atoms with Gasteiger partial charge in [-0.2, -0.15) is 0 Å². The lowest BCUT2D eigenvalue weighted by molar-refractivity contribution is 0.102. The van der Waals surface area contributed by atoms with Gasteiger partial charge in [0.2, 0.25) is 0 Å². The first kappa shape index (κ1) is 15.8. The predicted octanol–water partition coefficient (Wildman–Crippen LogP) is 3.60. The van der Waals surface area contributed by atoms with Crippen LogP contribution in [0.4, 0.5) is 5.69 Å². The molecule has 2 aliphatic heterocycles. The van der Waals surface area contributed by atoms with Crippen LogP contribution < -0.4 is 19.5 Å². The van der Waals surface area contributed by atoms with E-state index in [1.807, 2.05) is 38.1 Å². The third-order valence-electron chi connectivity index (χ3n) is 4.50. The molecule has 0 spiro atoms. The molecule has 0 aliphatic carbocycles. The van der Waals surface area contributed by atoms with Gasteiger partial charge in [0, 0.05) is 30.0 Å². The Morgan fingerprint density at radius 3 is 2.96 bits per heavy atom. The monoisotopic (exact) mass is 339 g/mol. The normalized spacial score (nSPS) is 17.3. The lowest BCUT2D eigenvalue weighted by Gasteiger charge is -2.14. The van der Waals surface area contributed by atoms with Crippen LogP contribution in [0.3, 0.4) is 0 Å². The number of hydrogen-bond donors (Lipinski definition) is 1. The van der Waals surface area contributed by atoms with Crippen LogP contribution >= 0.6 is 0 Å². The Morgan fingerprint density at radius 2 is 2.12 bits per heavy atom. The topological polar surface area (TPSA) is 56.8 Å². The van der Waals surface area contributed by atoms with E-state index in [9.17, 15) is 4.79 Å². The molecular weight excluding hydrogens is 318 g/mol. The summed E-state index contributed by atoms with van der Waals surface area (Å²) in [6.07, 6.45) is 1.84. The molecule has 130 valence electrons. The number of hydrogen-bond acceptors (Lipinski definition) is 4. The van der Waals surface area contributed by atoms with E-state index in [2.05, 4.69) is 5.32 Å². The number of carbonyl (C=O) groups is 1. The van der Waals surface area contributed by atoms with Crippen LogP contribution in [0.2, 0.25) is 0 Å². The highest BCUT2D eigenvalue weighted by molar-refractivity contribution is 6.05. The number of amides is 1. The molecular formula is C20H21NO4. The van der Waals surface area contributed by atoms with E-state index < -0.39 is 0 Å². The molecule has 2 heterocycles. The van der Waals surface area contributed by atoms with Crippen LogP contribution in [-0.2, 0) is 12.8 Å². The van der Waals surface area contributed by atoms with Crippen LogP contribution in [0, 0.1) is 0 Å². The molecule has 25 heavy (non-hydrogen) atoms. The van der Waals surface area contributed by atoms with Crippen LogP contribution in [0.5, 0.6) is 17.2 Å². The van der Waals surface area contributed by atoms with Gasteiger partial charge in [-0.05, 0) is 43.7 Å². The minimum absolute atomic E-state index is 0.145. The van der Waals surface area contributed by atoms with Gasteiger partial charge in [0.15, 0.2) is 0 Å². The summed E-state index contributed by atoms with van der Waals surface area (Å²) in [5.41, 5.74) is 3.44. The van der Waals surface area contributed by atoms with Gasteiger partial charge >= 0.3 is 0 Å². The third kappa shape index (κ3) is 3.02. The van der Waals surface area contributed by atoms with E-state index in [4.69, 9.17) is 14.2 Å². The molecule has 0 bridgehead atoms. The number of benzene rings is 2. The molecule has 0 fully saturated rings. The number of nitrogens with one attached hydrogen (secondary N) is 1. The standard InChI is InChI=1S/C20H21NO4/c1-3-23-19-10-15-8-12(2)25-18(15)11-16(19)21-20(22)14-4-5-17-13(9-14)6-7-24-17/h4-5,9-12H,3,6-8H2,1-2H3,(H,21,22). The average molecular weight is 339 g/mol. The van der Waals surface area contributed by atoms with Gasteiger partial charge in [-0.15, -0.1) is 0 Å². The maximum Gasteiger partial charge on any atom is 0.255 e. The molecule has 1 N–H and O–H groups in total. The predicted molar refractivity (Wildman–Crippen MR) is 95.0 cm³/mol. The van der Waals surface area contributed by atoms with Crippen molar-refractivity contribution in [2.45, 2.75) is 32.8 Å². The Morgan fingerprint density at radius 1 is 1.24 bits per heavy atom. The van der Waals surface area contributed by atoms with Crippen molar-refractivity contribution in [1.82, 2.24) is 0 Å². The van der Waals surface area contributed by atoms with Gasteiger partial charge in [-0.25, -0.2) is 0 Å². The number of anilines is 1. The summed E-state index contributed by atoms with van der Waals surface area (Å²) in [6, 6.07) is 9.36. The van der Waals surface area contributed by atoms with Crippen molar-refractivity contribution < 1.29 is 19.0 Å². The fourth-order valence-corrected chi connectivity index (χ4v) is 3.33. The van der Waals surface area contributed by atoms with Crippen molar-refractivity contribution in [2.75, 3.05) is 18.5 Å². The second-order valence-electron chi connectivity index (χ2n) is 6.40. The van der Waals surface area contributed by atoms with Gasteiger partial charge in [0.1, 0.15) is 23.4 Å². The average Bonchev–Trinajstić information content (AvgIpc) is 3.19. The second kappa shape index (κ2) is 6.31. The molecule has 4 rings (SSSR count). The van der Waals surface area contributed by atoms with Crippen molar-refractivity contribution >= 4 is 11.6 Å². The van der Waals surface area contributed by atoms with Crippen molar-refractivity contribution in [2.24, 2.45) is 0 Å². The quantitative estimate of drug-likeness (QED) is 0.925. The molecule has 5 heteroatoms. The van der Waals surface area contributed by atoms with E-state index >= 15 is 0 Å². The van der Waals surface area contributed by atoms with Crippen LogP contribution in [-0.4, -0.2) is 25.2 Å². The zero-order valence-corrected chi connectivity index (χ0v) is 14.4. The summed E-state index contributed by atoms with van der Waals surface area (Å²) in [4.78, 5) is 12.7. The highest BCUT2D eigenvalue weighted by Crippen LogP contribution is 2.38. The zero-order valence-electron chi connectivity index (χ0n) is 14.4. The van der Waals surface area contributed by atoms with E-state index in [1.54, 1.807) is 6.07 Å². The summed E-state index contributed by atoms with van der Waals surface area (Å²) >= 11 is 0. The lowest BCUT2D eigenvalue weighted by Crippen LogP contribution is -2.13. The minimum atomic E-state index is -0.165. The largest absolute Gasteiger partial charge is 0.493 e. The number of ether oxygens (including phenoxy) is 3. The second-order valence-corrected chi connectivity index (χ2v) is 6.40. The van der Waals surface area contributed by atoms with Crippen LogP contribution in [0.25, 0.3) is 0 Å². The molecule has 0 aromatic heterocycles. The first-order chi connectivity index (χ1) is 12.1. The van der Waals surface area contributed by atoms with Gasteiger partial charge in [0.25, 0.3) is 5.91 Å². The molecule has 5 nitrogen and oxygen atoms in total. The summed E-state index contributed by atoms with van der Waals surface area (Å²) in [6.45, 7) is 5.17. The number of rotatable bonds is 4. The Hall–Kier alpha value is -2.69. The van der Waals surface area contributed by atoms with Gasteiger partial charge in [-0.3, -0.25) is 4.79 Å². The van der Waals surface area contributed by atoms with E-state index in [0.29, 0.717) is 30.2 Å². The maximum absolute atomic E-state index is 12.7. The van der Waals surface area contributed by atoms with Crippen LogP contribution in [0.1, 0.15) is 35.3 Å². The molecule has 0 saturated carbocycles. The summed E-state index contributed by atoms with van der Waals surface area (Å²) in [5.74, 6) is 2.19. The number of fused-ring (bicyclic) bond motifs is 2. The highest BCUT2D eigenvalue weighted by atomic mass is 16.5. The molecule has 2 aliphatic rings. The molecule has 2 aromatic carbocycles. The molecule has 1 atom stereocenters. The first-order valence-corrected chi connectivity index (χ1v) is 8.67. The highest BCUT2D eigenvalue weighted by Gasteiger charge is 2.23. The third-order valence-corrected chi connectivity index (χ3v) is 4.50. The first-order valence-electron chi connectivity index (χ1n) is 8.67. The fraction of sp³-hybridized carbons (Fsp3) is 0.350. The Balaban J connectivity index is 1.61. The Labute approximate surface area is 146 Å². The minimum Gasteiger partial charge on any atom is -0.493 e. The van der Waals surface area contributed by atoms with Crippen molar-refractivity contribution in [1.29, 1.82) is 0 Å². The summed E-state index contributed by atoms with van der Waals surface area (Å²) in [5, 5.41) is 2.96. The fourth-order valence-electron chi connectivity index (χ4n) is 3.33. The van der Waals surface area contributed by atoms with Gasteiger partial charge < -0.3 is 19.5 Å². The zero-order chi connectivity index (χ0) is 17.4. The van der Waals surface area contributed by atoms with Crippen molar-refractivity contribution in [3.8, 4) is 17.2 Å². The van der Waals surface area contributed by atoms with E-state index in [1.165, 1.54) is 0 Å². The van der Waals surface area contributed by atoms with Gasteiger partial charge in [-0.1, -0.05) is 0 Å². The number of carbonyl (C=O) groups excluding carboxylic acids is 1. The molecule has 1 unspecified atom stereocenters. The van der Waals surface area contributed by atoms with E-state index in [0.717, 1.165) is 35.5 Å². The van der Waals surface area contributed by atoms with Crippen LogP contribution in [0.15, 0.2) is 30.3 Å². The SMILES string of the molecule is CCOc1cc2c(cc1NC(=O)c1ccc3c(c1)CCO3)OC(C)C2. The molecule has 1 amide bonds. The molecule has 2 aromatic rings. The summed E-state index contributed by atoms with van der Waals surface area (Å²) < 4.78 is 17.0. The maximum atomic E-state index is 12.7. The van der Waals surface area contributed by atoms with Crippen molar-refractivity contribution in [3.05, 3.63) is 47.0 Å². The lowest BCUT2D eigenvalue weighted by atomic mass is 10.1. The molecule has 0 saturated heterocycles. The Bertz CT molecular complexity index is 831. The Kier molecular flexibility index (Phi) is 3.99. The van der Waals surface area contributed by atoms with E-state index in [-0.39, 0.29) is 12.0 Å². The summed E-state index contributed by atoms with van der Waals surface area (Å²) in [7, 11) is 0. The van der Waals surface area contributed by atoms with Gasteiger partial charge in [0.05, 0.1) is 18.9 Å². The smallest absolute Gasteiger partial charge is 0.255 e. The van der Waals surface area contributed by atoms with Crippen molar-refractivity contribution in [3.63, 3.8) is 0 Å².